The predicted octanol–water partition coefficient (Wildman–Crippen LogP) is 4.73. The average Bonchev–Trinajstić information content (AvgIpc) is 2.31. The molecule has 106 valence electrons. The normalized spacial score (nSPS) is 27.8. The molecule has 1 aliphatic carbocycles. The fraction of sp³-hybridized carbons (Fsp3) is 0.667. The number of benzene rings is 1. The Morgan fingerprint density at radius 1 is 1.32 bits per heavy atom. The van der Waals surface area contributed by atoms with Crippen LogP contribution < -0.4 is 0 Å². The smallest absolute Gasteiger partial charge is 0.0901 e. The maximum atomic E-state index is 11.1. The van der Waals surface area contributed by atoms with Crippen LogP contribution in [0.5, 0.6) is 0 Å². The van der Waals surface area contributed by atoms with E-state index >= 15 is 0 Å². The van der Waals surface area contributed by atoms with Gasteiger partial charge in [-0.15, -0.1) is 0 Å². The van der Waals surface area contributed by atoms with Gasteiger partial charge in [0, 0.05) is 0 Å². The van der Waals surface area contributed by atoms with E-state index in [1.807, 2.05) is 0 Å². The van der Waals surface area contributed by atoms with E-state index < -0.39 is 5.60 Å². The van der Waals surface area contributed by atoms with Crippen LogP contribution in [0.2, 0.25) is 0 Å². The Kier molecular flexibility index (Phi) is 4.35. The van der Waals surface area contributed by atoms with Crippen LogP contribution in [0.3, 0.4) is 0 Å². The molecule has 2 rings (SSSR count). The van der Waals surface area contributed by atoms with E-state index in [-0.39, 0.29) is 0 Å². The Bertz CT molecular complexity index is 435. The van der Waals surface area contributed by atoms with E-state index in [2.05, 4.69) is 45.9 Å². The molecule has 0 saturated heterocycles. The van der Waals surface area contributed by atoms with Crippen LogP contribution in [0.15, 0.2) is 18.2 Å². The first-order valence-electron chi connectivity index (χ1n) is 7.71. The lowest BCUT2D eigenvalue weighted by atomic mass is 9.71. The second-order valence-corrected chi connectivity index (χ2v) is 6.94. The summed E-state index contributed by atoms with van der Waals surface area (Å²) in [6.07, 6.45) is 5.54. The number of rotatable bonds is 3. The van der Waals surface area contributed by atoms with Crippen LogP contribution in [-0.2, 0) is 5.60 Å². The molecule has 1 N–H and O–H groups in total. The van der Waals surface area contributed by atoms with Crippen LogP contribution in [0.1, 0.15) is 62.6 Å². The van der Waals surface area contributed by atoms with Gasteiger partial charge in [0.25, 0.3) is 0 Å². The summed E-state index contributed by atoms with van der Waals surface area (Å²) in [6, 6.07) is 6.47. The van der Waals surface area contributed by atoms with E-state index in [1.165, 1.54) is 29.5 Å². The second-order valence-electron chi connectivity index (χ2n) is 6.94. The van der Waals surface area contributed by atoms with Crippen molar-refractivity contribution in [1.29, 1.82) is 0 Å². The Morgan fingerprint density at radius 2 is 2.05 bits per heavy atom. The van der Waals surface area contributed by atoms with E-state index in [4.69, 9.17) is 0 Å². The number of hydrogen-bond acceptors (Lipinski definition) is 1. The third kappa shape index (κ3) is 3.39. The first kappa shape index (κ1) is 14.6. The average molecular weight is 260 g/mol. The lowest BCUT2D eigenvalue weighted by Crippen LogP contribution is -2.34. The number of hydrogen-bond donors (Lipinski definition) is 1. The summed E-state index contributed by atoms with van der Waals surface area (Å²) in [5, 5.41) is 11.1. The molecule has 1 saturated carbocycles. The Balaban J connectivity index is 2.23. The van der Waals surface area contributed by atoms with Crippen molar-refractivity contribution in [2.45, 2.75) is 65.4 Å². The minimum absolute atomic E-state index is 0.589. The maximum absolute atomic E-state index is 11.1. The first-order chi connectivity index (χ1) is 8.90. The monoisotopic (exact) mass is 260 g/mol. The molecule has 0 aliphatic heterocycles. The zero-order valence-electron chi connectivity index (χ0n) is 12.9. The molecule has 1 aromatic carbocycles. The molecule has 0 spiro atoms. The van der Waals surface area contributed by atoms with E-state index in [0.717, 1.165) is 25.2 Å². The molecule has 0 aromatic heterocycles. The fourth-order valence-corrected chi connectivity index (χ4v) is 3.71. The fourth-order valence-electron chi connectivity index (χ4n) is 3.71. The van der Waals surface area contributed by atoms with Gasteiger partial charge >= 0.3 is 0 Å². The van der Waals surface area contributed by atoms with Gasteiger partial charge in [-0.05, 0) is 62.5 Å². The number of aliphatic hydroxyl groups is 1. The van der Waals surface area contributed by atoms with Crippen molar-refractivity contribution in [3.63, 3.8) is 0 Å². The molecule has 19 heavy (non-hydrogen) atoms. The Morgan fingerprint density at radius 3 is 2.74 bits per heavy atom. The van der Waals surface area contributed by atoms with Gasteiger partial charge in [0.1, 0.15) is 0 Å². The van der Waals surface area contributed by atoms with Crippen LogP contribution in [0, 0.1) is 25.7 Å². The summed E-state index contributed by atoms with van der Waals surface area (Å²) in [5.74, 6) is 1.41. The van der Waals surface area contributed by atoms with Gasteiger partial charge in [-0.3, -0.25) is 0 Å². The van der Waals surface area contributed by atoms with Crippen LogP contribution in [-0.4, -0.2) is 5.11 Å². The zero-order chi connectivity index (χ0) is 14.0. The second kappa shape index (κ2) is 5.66. The summed E-state index contributed by atoms with van der Waals surface area (Å²) in [6.45, 7) is 8.80. The standard InChI is InChI=1S/C18H28O/c1-13(2)10-16-6-5-9-18(19,12-16)17-11-14(3)7-8-15(17)4/h7-8,11,13,16,19H,5-6,9-10,12H2,1-4H3. The Labute approximate surface area is 118 Å². The third-order valence-electron chi connectivity index (χ3n) is 4.53. The summed E-state index contributed by atoms with van der Waals surface area (Å²) in [5.41, 5.74) is 3.06. The van der Waals surface area contributed by atoms with Gasteiger partial charge < -0.3 is 5.11 Å². The lowest BCUT2D eigenvalue weighted by molar-refractivity contribution is -0.0249. The van der Waals surface area contributed by atoms with Crippen LogP contribution in [0.25, 0.3) is 0 Å². The van der Waals surface area contributed by atoms with Gasteiger partial charge in [0.05, 0.1) is 5.60 Å². The summed E-state index contributed by atoms with van der Waals surface area (Å²) < 4.78 is 0. The molecule has 1 nitrogen and oxygen atoms in total. The van der Waals surface area contributed by atoms with Crippen molar-refractivity contribution >= 4 is 0 Å². The molecule has 0 heterocycles. The largest absolute Gasteiger partial charge is 0.385 e. The van der Waals surface area contributed by atoms with Crippen LogP contribution >= 0.6 is 0 Å². The highest BCUT2D eigenvalue weighted by Crippen LogP contribution is 2.43. The highest BCUT2D eigenvalue weighted by Gasteiger charge is 2.36. The van der Waals surface area contributed by atoms with Crippen molar-refractivity contribution in [3.8, 4) is 0 Å². The quantitative estimate of drug-likeness (QED) is 0.833. The minimum atomic E-state index is -0.589. The molecule has 0 amide bonds. The summed E-state index contributed by atoms with van der Waals surface area (Å²) in [7, 11) is 0. The molecule has 1 aromatic rings. The first-order valence-corrected chi connectivity index (χ1v) is 7.71. The summed E-state index contributed by atoms with van der Waals surface area (Å²) >= 11 is 0. The van der Waals surface area contributed by atoms with Gasteiger partial charge in [0.15, 0.2) is 0 Å². The molecule has 2 atom stereocenters. The highest BCUT2D eigenvalue weighted by atomic mass is 16.3. The van der Waals surface area contributed by atoms with Crippen molar-refractivity contribution < 1.29 is 5.11 Å². The van der Waals surface area contributed by atoms with Crippen molar-refractivity contribution in [2.24, 2.45) is 11.8 Å². The molecule has 1 fully saturated rings. The molecule has 1 aliphatic rings. The minimum Gasteiger partial charge on any atom is -0.385 e. The topological polar surface area (TPSA) is 20.2 Å². The van der Waals surface area contributed by atoms with Crippen LogP contribution in [0.4, 0.5) is 0 Å². The van der Waals surface area contributed by atoms with Gasteiger partial charge in [-0.2, -0.15) is 0 Å². The third-order valence-corrected chi connectivity index (χ3v) is 4.53. The van der Waals surface area contributed by atoms with E-state index in [9.17, 15) is 5.11 Å². The molecule has 0 bridgehead atoms. The van der Waals surface area contributed by atoms with Crippen molar-refractivity contribution in [1.82, 2.24) is 0 Å². The van der Waals surface area contributed by atoms with Gasteiger partial charge in [-0.1, -0.05) is 44.0 Å². The Hall–Kier alpha value is -0.820. The molecule has 2 unspecified atom stereocenters. The molecular weight excluding hydrogens is 232 g/mol. The zero-order valence-corrected chi connectivity index (χ0v) is 12.9. The lowest BCUT2D eigenvalue weighted by Gasteiger charge is -2.39. The van der Waals surface area contributed by atoms with Gasteiger partial charge in [-0.25, -0.2) is 0 Å². The molecule has 0 radical (unpaired) electrons. The van der Waals surface area contributed by atoms with Gasteiger partial charge in [0.2, 0.25) is 0 Å². The SMILES string of the molecule is Cc1ccc(C)c(C2(O)CCCC(CC(C)C)C2)c1. The number of aryl methyl sites for hydroxylation is 2. The van der Waals surface area contributed by atoms with E-state index in [0.29, 0.717) is 5.92 Å². The maximum Gasteiger partial charge on any atom is 0.0901 e. The molecular formula is C18H28O. The molecule has 1 heteroatoms. The van der Waals surface area contributed by atoms with Crippen molar-refractivity contribution in [3.05, 3.63) is 34.9 Å². The van der Waals surface area contributed by atoms with Crippen molar-refractivity contribution in [2.75, 3.05) is 0 Å². The summed E-state index contributed by atoms with van der Waals surface area (Å²) in [4.78, 5) is 0. The predicted molar refractivity (Wildman–Crippen MR) is 81.2 cm³/mol. The highest BCUT2D eigenvalue weighted by molar-refractivity contribution is 5.35. The van der Waals surface area contributed by atoms with E-state index in [1.54, 1.807) is 0 Å².